The third-order valence-corrected chi connectivity index (χ3v) is 6.86. The molecule has 0 bridgehead atoms. The van der Waals surface area contributed by atoms with Gasteiger partial charge in [0.25, 0.3) is 5.78 Å². The molecule has 1 unspecified atom stereocenters. The van der Waals surface area contributed by atoms with E-state index < -0.39 is 23.5 Å². The van der Waals surface area contributed by atoms with Gasteiger partial charge in [-0.2, -0.15) is 0 Å². The van der Waals surface area contributed by atoms with E-state index in [4.69, 9.17) is 0 Å². The average Bonchev–Trinajstić information content (AvgIpc) is 3.33. The number of nitrogens with zero attached hydrogens (tertiary/aromatic N) is 2. The first-order valence-corrected chi connectivity index (χ1v) is 11.3. The molecule has 8 heteroatoms. The fourth-order valence-electron chi connectivity index (χ4n) is 4.13. The lowest BCUT2D eigenvalue weighted by Crippen LogP contribution is -2.29. The predicted octanol–water partition coefficient (Wildman–Crippen LogP) is 5.38. The Bertz CT molecular complexity index is 1510. The minimum absolute atomic E-state index is 0.0192. The number of aromatic nitrogens is 1. The molecule has 34 heavy (non-hydrogen) atoms. The number of anilines is 1. The Morgan fingerprint density at radius 2 is 1.76 bits per heavy atom. The fraction of sp³-hybridized carbons (Fsp3) is 0.115. The molecule has 1 fully saturated rings. The number of carbonyl (C=O) groups excluding carboxylic acids is 2. The number of benzene rings is 3. The summed E-state index contributed by atoms with van der Waals surface area (Å²) in [6, 6.07) is 14.7. The van der Waals surface area contributed by atoms with Crippen LogP contribution in [0.25, 0.3) is 16.0 Å². The van der Waals surface area contributed by atoms with Crippen LogP contribution in [0.4, 0.5) is 9.52 Å². The summed E-state index contributed by atoms with van der Waals surface area (Å²) in [5, 5.41) is 21.3. The number of aryl methyl sites for hydroxylation is 2. The highest BCUT2D eigenvalue weighted by Gasteiger charge is 2.48. The lowest BCUT2D eigenvalue weighted by molar-refractivity contribution is -0.132. The summed E-state index contributed by atoms with van der Waals surface area (Å²) in [5.41, 5.74) is 3.00. The van der Waals surface area contributed by atoms with Crippen LogP contribution in [0.5, 0.6) is 5.75 Å². The molecule has 1 amide bonds. The topological polar surface area (TPSA) is 90.7 Å². The summed E-state index contributed by atoms with van der Waals surface area (Å²) < 4.78 is 14.3. The molecular formula is C26H19FN2O4S. The molecule has 1 atom stereocenters. The van der Waals surface area contributed by atoms with Gasteiger partial charge >= 0.3 is 5.91 Å². The predicted molar refractivity (Wildman–Crippen MR) is 128 cm³/mol. The second-order valence-electron chi connectivity index (χ2n) is 8.19. The molecule has 5 rings (SSSR count). The van der Waals surface area contributed by atoms with Crippen LogP contribution in [0.2, 0.25) is 0 Å². The van der Waals surface area contributed by atoms with Crippen molar-refractivity contribution in [2.24, 2.45) is 0 Å². The summed E-state index contributed by atoms with van der Waals surface area (Å²) in [4.78, 5) is 32.2. The molecule has 4 aromatic rings. The third-order valence-electron chi connectivity index (χ3n) is 5.85. The summed E-state index contributed by atoms with van der Waals surface area (Å²) in [5.74, 6) is -2.39. The minimum atomic E-state index is -0.981. The van der Waals surface area contributed by atoms with Gasteiger partial charge in [-0.15, -0.1) is 0 Å². The van der Waals surface area contributed by atoms with E-state index in [1.165, 1.54) is 35.2 Å². The molecule has 0 saturated carbocycles. The van der Waals surface area contributed by atoms with Crippen molar-refractivity contribution in [3.8, 4) is 5.75 Å². The first-order chi connectivity index (χ1) is 16.2. The number of aliphatic hydroxyl groups excluding tert-OH is 1. The number of aliphatic hydroxyl groups is 1. The molecule has 1 saturated heterocycles. The van der Waals surface area contributed by atoms with E-state index in [1.807, 2.05) is 26.0 Å². The molecule has 2 heterocycles. The van der Waals surface area contributed by atoms with Gasteiger partial charge in [-0.3, -0.25) is 14.5 Å². The number of aromatic hydroxyl groups is 1. The molecule has 1 aliphatic rings. The van der Waals surface area contributed by atoms with Gasteiger partial charge < -0.3 is 10.2 Å². The normalized spacial score (nSPS) is 17.6. The van der Waals surface area contributed by atoms with Gasteiger partial charge in [0.1, 0.15) is 17.3 Å². The number of fused-ring (bicyclic) bond motifs is 1. The minimum Gasteiger partial charge on any atom is -0.508 e. The molecule has 3 aromatic carbocycles. The van der Waals surface area contributed by atoms with E-state index in [0.717, 1.165) is 22.5 Å². The van der Waals surface area contributed by atoms with E-state index in [2.05, 4.69) is 4.98 Å². The van der Waals surface area contributed by atoms with Crippen molar-refractivity contribution in [3.63, 3.8) is 0 Å². The standard InChI is InChI=1S/C26H19FN2O4S/c1-13-3-4-14(2)18(11-13)23(31)21-22(15-5-8-17(30)9-6-15)29(25(33)24(21)32)26-28-19-10-7-16(27)12-20(19)34-26/h3-12,22,30-31H,1-2H3. The maximum Gasteiger partial charge on any atom is 0.301 e. The number of Topliss-reactive ketones (excluding diaryl/α,β-unsaturated/α-hetero) is 1. The van der Waals surface area contributed by atoms with Crippen LogP contribution in [0.1, 0.15) is 28.3 Å². The van der Waals surface area contributed by atoms with Crippen LogP contribution in [0.15, 0.2) is 66.2 Å². The van der Waals surface area contributed by atoms with Crippen LogP contribution in [-0.4, -0.2) is 26.9 Å². The first kappa shape index (κ1) is 21.8. The maximum atomic E-state index is 13.7. The van der Waals surface area contributed by atoms with E-state index in [0.29, 0.717) is 21.3 Å². The second-order valence-corrected chi connectivity index (χ2v) is 9.20. The number of rotatable bonds is 3. The number of thiazole rings is 1. The summed E-state index contributed by atoms with van der Waals surface area (Å²) in [7, 11) is 0. The van der Waals surface area contributed by atoms with Crippen molar-refractivity contribution in [2.75, 3.05) is 4.90 Å². The number of hydrogen-bond donors (Lipinski definition) is 2. The quantitative estimate of drug-likeness (QED) is 0.236. The Morgan fingerprint density at radius 3 is 2.50 bits per heavy atom. The highest BCUT2D eigenvalue weighted by Crippen LogP contribution is 2.44. The van der Waals surface area contributed by atoms with Crippen LogP contribution in [0.3, 0.4) is 0 Å². The molecule has 6 nitrogen and oxygen atoms in total. The van der Waals surface area contributed by atoms with Crippen LogP contribution >= 0.6 is 11.3 Å². The number of ketones is 1. The van der Waals surface area contributed by atoms with Crippen LogP contribution in [-0.2, 0) is 9.59 Å². The van der Waals surface area contributed by atoms with Gasteiger partial charge in [-0.1, -0.05) is 41.2 Å². The highest BCUT2D eigenvalue weighted by atomic mass is 32.1. The van der Waals surface area contributed by atoms with Gasteiger partial charge in [0.05, 0.1) is 21.8 Å². The molecule has 1 aliphatic heterocycles. The Morgan fingerprint density at radius 1 is 1.03 bits per heavy atom. The fourth-order valence-corrected chi connectivity index (χ4v) is 5.14. The Kier molecular flexibility index (Phi) is 5.17. The largest absolute Gasteiger partial charge is 0.508 e. The molecular weight excluding hydrogens is 455 g/mol. The zero-order valence-corrected chi connectivity index (χ0v) is 19.1. The van der Waals surface area contributed by atoms with Gasteiger partial charge in [0.2, 0.25) is 0 Å². The number of hydrogen-bond acceptors (Lipinski definition) is 6. The zero-order valence-electron chi connectivity index (χ0n) is 18.2. The highest BCUT2D eigenvalue weighted by molar-refractivity contribution is 7.22. The molecule has 0 spiro atoms. The molecule has 2 N–H and O–H groups in total. The van der Waals surface area contributed by atoms with E-state index in [9.17, 15) is 24.2 Å². The lowest BCUT2D eigenvalue weighted by Gasteiger charge is -2.23. The first-order valence-electron chi connectivity index (χ1n) is 10.5. The summed E-state index contributed by atoms with van der Waals surface area (Å²) >= 11 is 1.08. The number of phenolic OH excluding ortho intramolecular Hbond substituents is 1. The molecule has 0 radical (unpaired) electrons. The maximum absolute atomic E-state index is 13.7. The van der Waals surface area contributed by atoms with Gasteiger partial charge in [-0.25, -0.2) is 9.37 Å². The Hall–Kier alpha value is -4.04. The lowest BCUT2D eigenvalue weighted by atomic mass is 9.93. The van der Waals surface area contributed by atoms with E-state index in [1.54, 1.807) is 18.2 Å². The van der Waals surface area contributed by atoms with Gasteiger partial charge in [0, 0.05) is 5.56 Å². The second kappa shape index (κ2) is 8.07. The van der Waals surface area contributed by atoms with Gasteiger partial charge in [0.15, 0.2) is 5.13 Å². The van der Waals surface area contributed by atoms with Crippen molar-refractivity contribution < 1.29 is 24.2 Å². The smallest absolute Gasteiger partial charge is 0.301 e. The van der Waals surface area contributed by atoms with Crippen molar-refractivity contribution in [2.45, 2.75) is 19.9 Å². The number of amides is 1. The van der Waals surface area contributed by atoms with Crippen molar-refractivity contribution in [1.29, 1.82) is 0 Å². The zero-order chi connectivity index (χ0) is 24.1. The molecule has 1 aromatic heterocycles. The Labute approximate surface area is 198 Å². The van der Waals surface area contributed by atoms with Gasteiger partial charge in [-0.05, 0) is 61.4 Å². The monoisotopic (exact) mass is 474 g/mol. The SMILES string of the molecule is Cc1ccc(C)c(C(O)=C2C(=O)C(=O)N(c3nc4ccc(F)cc4s3)C2c2ccc(O)cc2)c1. The average molecular weight is 475 g/mol. The number of phenols is 1. The van der Waals surface area contributed by atoms with E-state index >= 15 is 0 Å². The summed E-state index contributed by atoms with van der Waals surface area (Å²) in [6.45, 7) is 3.68. The molecule has 170 valence electrons. The Balaban J connectivity index is 1.76. The van der Waals surface area contributed by atoms with Crippen LogP contribution in [0, 0.1) is 19.7 Å². The number of carbonyl (C=O) groups is 2. The van der Waals surface area contributed by atoms with E-state index in [-0.39, 0.29) is 22.2 Å². The van der Waals surface area contributed by atoms with Crippen molar-refractivity contribution in [3.05, 3.63) is 94.3 Å². The van der Waals surface area contributed by atoms with Crippen molar-refractivity contribution in [1.82, 2.24) is 4.98 Å². The van der Waals surface area contributed by atoms with Crippen LogP contribution < -0.4 is 4.90 Å². The van der Waals surface area contributed by atoms with Crippen molar-refractivity contribution >= 4 is 44.1 Å². The molecule has 0 aliphatic carbocycles. The summed E-state index contributed by atoms with van der Waals surface area (Å²) in [6.07, 6.45) is 0. The number of halogens is 1. The third kappa shape index (κ3) is 3.52.